The molecule has 3 nitrogen and oxygen atoms in total. The van der Waals surface area contributed by atoms with Crippen molar-refractivity contribution < 1.29 is 4.79 Å². The highest BCUT2D eigenvalue weighted by Gasteiger charge is 2.13. The molecule has 0 spiro atoms. The first kappa shape index (κ1) is 10.2. The van der Waals surface area contributed by atoms with Crippen LogP contribution in [0, 0.1) is 0 Å². The Balaban J connectivity index is 2.41. The average Bonchev–Trinajstić information content (AvgIpc) is 2.84. The Labute approximate surface area is 95.6 Å². The lowest BCUT2D eigenvalue weighted by Crippen LogP contribution is -2.17. The maximum absolute atomic E-state index is 11.4. The number of hydrogen-bond donors (Lipinski definition) is 2. The van der Waals surface area contributed by atoms with Crippen molar-refractivity contribution in [3.05, 3.63) is 27.8 Å². The van der Waals surface area contributed by atoms with Crippen molar-refractivity contribution in [2.45, 2.75) is 0 Å². The van der Waals surface area contributed by atoms with Crippen LogP contribution >= 0.6 is 22.7 Å². The van der Waals surface area contributed by atoms with Crippen molar-refractivity contribution in [1.29, 1.82) is 0 Å². The van der Waals surface area contributed by atoms with E-state index in [1.54, 1.807) is 18.4 Å². The van der Waals surface area contributed by atoms with E-state index in [0.717, 1.165) is 10.4 Å². The van der Waals surface area contributed by atoms with Gasteiger partial charge in [-0.15, -0.1) is 11.3 Å². The molecule has 2 aromatic rings. The van der Waals surface area contributed by atoms with Crippen LogP contribution in [0.3, 0.4) is 0 Å². The van der Waals surface area contributed by atoms with Crippen LogP contribution in [0.5, 0.6) is 0 Å². The van der Waals surface area contributed by atoms with E-state index in [1.165, 1.54) is 11.3 Å². The Kier molecular flexibility index (Phi) is 2.75. The number of carbonyl (C=O) groups excluding carboxylic acids is 1. The van der Waals surface area contributed by atoms with E-state index in [4.69, 9.17) is 5.73 Å². The largest absolute Gasteiger partial charge is 0.397 e. The minimum Gasteiger partial charge on any atom is -0.397 e. The third-order valence-electron chi connectivity index (χ3n) is 2.00. The van der Waals surface area contributed by atoms with Gasteiger partial charge in [-0.05, 0) is 22.9 Å². The highest BCUT2D eigenvalue weighted by atomic mass is 32.1. The van der Waals surface area contributed by atoms with Gasteiger partial charge in [0.2, 0.25) is 0 Å². The summed E-state index contributed by atoms with van der Waals surface area (Å²) < 4.78 is 0. The van der Waals surface area contributed by atoms with Crippen LogP contribution in [-0.2, 0) is 0 Å². The van der Waals surface area contributed by atoms with Crippen LogP contribution in [0.25, 0.3) is 10.4 Å². The van der Waals surface area contributed by atoms with Crippen LogP contribution in [0.1, 0.15) is 9.67 Å². The smallest absolute Gasteiger partial charge is 0.263 e. The number of hydrogen-bond acceptors (Lipinski definition) is 4. The number of anilines is 1. The van der Waals surface area contributed by atoms with E-state index in [9.17, 15) is 4.79 Å². The van der Waals surface area contributed by atoms with E-state index >= 15 is 0 Å². The van der Waals surface area contributed by atoms with Crippen molar-refractivity contribution in [1.82, 2.24) is 5.32 Å². The molecule has 2 aromatic heterocycles. The zero-order valence-corrected chi connectivity index (χ0v) is 9.74. The molecule has 0 aliphatic heterocycles. The van der Waals surface area contributed by atoms with Gasteiger partial charge in [0.05, 0.1) is 5.69 Å². The number of thiophene rings is 2. The Bertz CT molecular complexity index is 474. The molecule has 0 aliphatic rings. The van der Waals surface area contributed by atoms with Gasteiger partial charge in [-0.1, -0.05) is 0 Å². The molecule has 0 aromatic carbocycles. The molecule has 15 heavy (non-hydrogen) atoms. The van der Waals surface area contributed by atoms with Crippen molar-refractivity contribution in [2.24, 2.45) is 0 Å². The maximum Gasteiger partial charge on any atom is 0.263 e. The van der Waals surface area contributed by atoms with Crippen LogP contribution in [0.4, 0.5) is 5.69 Å². The van der Waals surface area contributed by atoms with Gasteiger partial charge in [0, 0.05) is 17.5 Å². The molecule has 0 aliphatic carbocycles. The van der Waals surface area contributed by atoms with Gasteiger partial charge in [0.1, 0.15) is 4.88 Å². The molecule has 0 unspecified atom stereocenters. The third-order valence-corrected chi connectivity index (χ3v) is 3.88. The topological polar surface area (TPSA) is 55.1 Å². The van der Waals surface area contributed by atoms with Gasteiger partial charge in [-0.25, -0.2) is 0 Å². The molecule has 5 heteroatoms. The first-order valence-electron chi connectivity index (χ1n) is 4.36. The molecule has 3 N–H and O–H groups in total. The van der Waals surface area contributed by atoms with Crippen LogP contribution < -0.4 is 11.1 Å². The summed E-state index contributed by atoms with van der Waals surface area (Å²) in [6, 6.07) is 3.86. The molecule has 0 radical (unpaired) electrons. The van der Waals surface area contributed by atoms with Crippen molar-refractivity contribution in [2.75, 3.05) is 12.8 Å². The van der Waals surface area contributed by atoms with Crippen molar-refractivity contribution >= 4 is 34.3 Å². The van der Waals surface area contributed by atoms with Crippen LogP contribution in [-0.4, -0.2) is 13.0 Å². The summed E-state index contributed by atoms with van der Waals surface area (Å²) in [5.74, 6) is -0.126. The number of nitrogen functional groups attached to an aromatic ring is 1. The van der Waals surface area contributed by atoms with Crippen LogP contribution in [0.15, 0.2) is 22.9 Å². The predicted molar refractivity (Wildman–Crippen MR) is 65.4 cm³/mol. The lowest BCUT2D eigenvalue weighted by Gasteiger charge is -1.95. The number of nitrogens with one attached hydrogen (secondary N) is 1. The molecule has 0 saturated heterocycles. The second-order valence-electron chi connectivity index (χ2n) is 2.99. The Morgan fingerprint density at radius 2 is 2.33 bits per heavy atom. The van der Waals surface area contributed by atoms with Gasteiger partial charge in [-0.3, -0.25) is 4.79 Å². The molecule has 78 valence electrons. The molecule has 1 amide bonds. The molecule has 0 fully saturated rings. The van der Waals surface area contributed by atoms with Gasteiger partial charge in [-0.2, -0.15) is 11.3 Å². The SMILES string of the molecule is CNC(=O)c1sc(-c2ccsc2)cc1N. The fraction of sp³-hybridized carbons (Fsp3) is 0.100. The quantitative estimate of drug-likeness (QED) is 0.844. The molecule has 0 atom stereocenters. The number of carbonyl (C=O) groups is 1. The first-order valence-corrected chi connectivity index (χ1v) is 6.12. The van der Waals surface area contributed by atoms with Gasteiger partial charge < -0.3 is 11.1 Å². The Morgan fingerprint density at radius 1 is 1.53 bits per heavy atom. The maximum atomic E-state index is 11.4. The fourth-order valence-corrected chi connectivity index (χ4v) is 3.00. The van der Waals surface area contributed by atoms with E-state index in [2.05, 4.69) is 5.32 Å². The zero-order valence-electron chi connectivity index (χ0n) is 8.11. The Hall–Kier alpha value is -1.33. The summed E-state index contributed by atoms with van der Waals surface area (Å²) in [6.45, 7) is 0. The number of rotatable bonds is 2. The highest BCUT2D eigenvalue weighted by Crippen LogP contribution is 2.34. The Morgan fingerprint density at radius 3 is 2.93 bits per heavy atom. The summed E-state index contributed by atoms with van der Waals surface area (Å²) in [4.78, 5) is 13.1. The second-order valence-corrected chi connectivity index (χ2v) is 4.82. The third kappa shape index (κ3) is 1.88. The zero-order chi connectivity index (χ0) is 10.8. The van der Waals surface area contributed by atoms with Crippen molar-refractivity contribution in [3.8, 4) is 10.4 Å². The number of amides is 1. The van der Waals surface area contributed by atoms with Crippen molar-refractivity contribution in [3.63, 3.8) is 0 Å². The van der Waals surface area contributed by atoms with E-state index in [1.807, 2.05) is 22.9 Å². The molecule has 0 bridgehead atoms. The lowest BCUT2D eigenvalue weighted by molar-refractivity contribution is 0.0968. The van der Waals surface area contributed by atoms with Crippen LogP contribution in [0.2, 0.25) is 0 Å². The normalized spacial score (nSPS) is 10.2. The molecular formula is C10H10N2OS2. The molecule has 2 rings (SSSR count). The minimum absolute atomic E-state index is 0.126. The van der Waals surface area contributed by atoms with Gasteiger partial charge >= 0.3 is 0 Å². The second kappa shape index (κ2) is 4.04. The summed E-state index contributed by atoms with van der Waals surface area (Å²) >= 11 is 3.05. The first-order chi connectivity index (χ1) is 7.22. The summed E-state index contributed by atoms with van der Waals surface area (Å²) in [5, 5.41) is 6.62. The summed E-state index contributed by atoms with van der Waals surface area (Å²) in [5.41, 5.74) is 7.44. The predicted octanol–water partition coefficient (Wildman–Crippen LogP) is 2.42. The standard InChI is InChI=1S/C10H10N2OS2/c1-12-10(13)9-7(11)4-8(15-9)6-2-3-14-5-6/h2-5H,11H2,1H3,(H,12,13). The molecular weight excluding hydrogens is 228 g/mol. The van der Waals surface area contributed by atoms with Gasteiger partial charge in [0.15, 0.2) is 0 Å². The summed E-state index contributed by atoms with van der Waals surface area (Å²) in [6.07, 6.45) is 0. The average molecular weight is 238 g/mol. The molecule has 2 heterocycles. The van der Waals surface area contributed by atoms with Gasteiger partial charge in [0.25, 0.3) is 5.91 Å². The van der Waals surface area contributed by atoms with E-state index in [-0.39, 0.29) is 5.91 Å². The molecule has 0 saturated carbocycles. The number of nitrogens with two attached hydrogens (primary N) is 1. The van der Waals surface area contributed by atoms with E-state index < -0.39 is 0 Å². The van der Waals surface area contributed by atoms with E-state index in [0.29, 0.717) is 10.6 Å². The minimum atomic E-state index is -0.126. The fourth-order valence-electron chi connectivity index (χ4n) is 1.24. The monoisotopic (exact) mass is 238 g/mol. The highest BCUT2D eigenvalue weighted by molar-refractivity contribution is 7.18. The lowest BCUT2D eigenvalue weighted by atomic mass is 10.2. The summed E-state index contributed by atoms with van der Waals surface area (Å²) in [7, 11) is 1.60.